The minimum atomic E-state index is -2.29. The minimum absolute atomic E-state index is 0. The summed E-state index contributed by atoms with van der Waals surface area (Å²) in [5, 5.41) is 0. The molecule has 0 aromatic carbocycles. The molecule has 114 valence electrons. The Morgan fingerprint density at radius 2 is 1.47 bits per heavy atom. The summed E-state index contributed by atoms with van der Waals surface area (Å²) in [5.74, 6) is 0.622. The van der Waals surface area contributed by atoms with Crippen LogP contribution >= 0.6 is 24.8 Å². The number of hydrogen-bond donors (Lipinski definition) is 1. The average molecular weight is 360 g/mol. The molecule has 1 aliphatic carbocycles. The normalized spacial score (nSPS) is 22.6. The van der Waals surface area contributed by atoms with E-state index in [1.165, 1.54) is 5.57 Å². The topological polar surface area (TPSA) is 26.0 Å². The molecule has 0 spiro atoms. The van der Waals surface area contributed by atoms with Gasteiger partial charge in [-0.3, -0.25) is 0 Å². The van der Waals surface area contributed by atoms with Gasteiger partial charge in [0.25, 0.3) is 0 Å². The van der Waals surface area contributed by atoms with Crippen molar-refractivity contribution in [1.29, 1.82) is 0 Å². The van der Waals surface area contributed by atoms with Crippen LogP contribution in [0.5, 0.6) is 0 Å². The summed E-state index contributed by atoms with van der Waals surface area (Å²) >= 11 is -2.29. The van der Waals surface area contributed by atoms with Crippen LogP contribution in [-0.4, -0.2) is 6.66 Å². The van der Waals surface area contributed by atoms with Crippen LogP contribution in [-0.2, 0) is 16.1 Å². The van der Waals surface area contributed by atoms with Crippen LogP contribution in [0.25, 0.3) is 0 Å². The molecule has 1 aliphatic rings. The first-order valence-electron chi connectivity index (χ1n) is 6.83. The number of hydrogen-bond acceptors (Lipinski definition) is 1. The SMILES string of the molecule is CC1=C(C)C(C)[C]([Ti]([NH2])([CH](C)C)[SiH](C)C)=C1C.Cl.Cl. The van der Waals surface area contributed by atoms with E-state index in [4.69, 9.17) is 4.22 Å². The van der Waals surface area contributed by atoms with Gasteiger partial charge in [-0.15, -0.1) is 24.8 Å². The first kappa shape index (κ1) is 22.2. The predicted octanol–water partition coefficient (Wildman–Crippen LogP) is 4.93. The van der Waals surface area contributed by atoms with Crippen molar-refractivity contribution in [2.45, 2.75) is 58.9 Å². The Morgan fingerprint density at radius 1 is 1.05 bits per heavy atom. The monoisotopic (exact) mass is 359 g/mol. The molecule has 1 rings (SSSR count). The predicted molar refractivity (Wildman–Crippen MR) is 92.9 cm³/mol. The van der Waals surface area contributed by atoms with E-state index in [0.29, 0.717) is 10.1 Å². The van der Waals surface area contributed by atoms with Crippen molar-refractivity contribution < 1.29 is 16.1 Å². The molecule has 0 aliphatic heterocycles. The zero-order chi connectivity index (χ0) is 13.5. The molecule has 1 nitrogen and oxygen atoms in total. The number of halogens is 2. The van der Waals surface area contributed by atoms with Gasteiger partial charge in [0.2, 0.25) is 0 Å². The fourth-order valence-electron chi connectivity index (χ4n) is 3.35. The quantitative estimate of drug-likeness (QED) is 0.710. The summed E-state index contributed by atoms with van der Waals surface area (Å²) < 4.78 is 9.49. The van der Waals surface area contributed by atoms with Crippen molar-refractivity contribution in [1.82, 2.24) is 0 Å². The second-order valence-corrected chi connectivity index (χ2v) is 23.5. The number of nitrogens with two attached hydrogens (primary N) is 1. The second-order valence-electron chi connectivity index (χ2n) is 6.31. The second kappa shape index (κ2) is 7.82. The van der Waals surface area contributed by atoms with Gasteiger partial charge in [0.1, 0.15) is 0 Å². The van der Waals surface area contributed by atoms with Gasteiger partial charge in [-0.05, 0) is 0 Å². The zero-order valence-corrected chi connectivity index (χ0v) is 18.0. The molecule has 0 radical (unpaired) electrons. The molecule has 0 aromatic rings. The van der Waals surface area contributed by atoms with Crippen LogP contribution < -0.4 is 4.22 Å². The Labute approximate surface area is 136 Å². The van der Waals surface area contributed by atoms with E-state index in [9.17, 15) is 0 Å². The van der Waals surface area contributed by atoms with Crippen molar-refractivity contribution in [3.05, 3.63) is 20.6 Å². The Balaban J connectivity index is 0. The molecule has 0 amide bonds. The van der Waals surface area contributed by atoms with Crippen LogP contribution in [0.1, 0.15) is 41.5 Å². The summed E-state index contributed by atoms with van der Waals surface area (Å²) in [4.78, 5) is 0. The van der Waals surface area contributed by atoms with E-state index in [1.54, 1.807) is 15.0 Å². The molecule has 2 atom stereocenters. The zero-order valence-electron chi connectivity index (χ0n) is 13.6. The fraction of sp³-hybridized carbons (Fsp3) is 0.714. The molecular weight excluding hydrogens is 329 g/mol. The molecule has 0 fully saturated rings. The van der Waals surface area contributed by atoms with Gasteiger partial charge in [-0.2, -0.15) is 0 Å². The Morgan fingerprint density at radius 3 is 1.68 bits per heavy atom. The summed E-state index contributed by atoms with van der Waals surface area (Å²) in [6.45, 7) is 18.2. The van der Waals surface area contributed by atoms with Gasteiger partial charge < -0.3 is 0 Å². The smallest absolute Gasteiger partial charge is 0.147 e. The molecule has 2 unspecified atom stereocenters. The van der Waals surface area contributed by atoms with Crippen molar-refractivity contribution >= 4 is 31.5 Å². The van der Waals surface area contributed by atoms with Crippen LogP contribution in [0.4, 0.5) is 0 Å². The fourth-order valence-corrected chi connectivity index (χ4v) is 20.2. The molecule has 19 heavy (non-hydrogen) atoms. The van der Waals surface area contributed by atoms with E-state index < -0.39 is 22.8 Å². The minimum Gasteiger partial charge on any atom is -0.147 e. The van der Waals surface area contributed by atoms with E-state index >= 15 is 0 Å². The standard InChI is InChI=1S/C9H13.C3H7.C2H7Si.2ClH.H2N.Ti/c1-6-5-7(2)9(4)8(6)3;2*1-3-2;;;;/h6H,1-4H3;2*3H,1-2H3;2*1H;1H2;/q;;;;;-1;+1. The average Bonchev–Trinajstić information content (AvgIpc) is 2.42. The molecule has 5 heteroatoms. The van der Waals surface area contributed by atoms with Gasteiger partial charge in [-0.1, -0.05) is 0 Å². The van der Waals surface area contributed by atoms with Gasteiger partial charge in [0.15, 0.2) is 0 Å². The first-order chi connectivity index (χ1) is 7.65. The van der Waals surface area contributed by atoms with E-state index in [0.717, 1.165) is 0 Å². The van der Waals surface area contributed by atoms with E-state index in [2.05, 4.69) is 54.6 Å². The van der Waals surface area contributed by atoms with Crippen molar-refractivity contribution in [2.75, 3.05) is 0 Å². The maximum absolute atomic E-state index is 7.06. The van der Waals surface area contributed by atoms with E-state index in [-0.39, 0.29) is 24.8 Å². The Bertz CT molecular complexity index is 381. The largest absolute Gasteiger partial charge is 0.147 e. The number of allylic oxidation sites excluding steroid dienone is 4. The molecule has 0 saturated heterocycles. The van der Waals surface area contributed by atoms with Crippen LogP contribution in [0.15, 0.2) is 20.6 Å². The van der Waals surface area contributed by atoms with Crippen LogP contribution in [0.3, 0.4) is 0 Å². The van der Waals surface area contributed by atoms with Gasteiger partial charge in [0, 0.05) is 0 Å². The summed E-state index contributed by atoms with van der Waals surface area (Å²) in [6, 6.07) is 0. The Kier molecular flexibility index (Phi) is 9.15. The molecular formula is C14H31Cl2NSiTi. The maximum atomic E-state index is 7.06. The first-order valence-corrected chi connectivity index (χ1v) is 15.0. The van der Waals surface area contributed by atoms with Gasteiger partial charge in [0.05, 0.1) is 0 Å². The summed E-state index contributed by atoms with van der Waals surface area (Å²) in [7, 11) is 0. The molecule has 0 heterocycles. The van der Waals surface area contributed by atoms with Crippen molar-refractivity contribution in [3.8, 4) is 0 Å². The van der Waals surface area contributed by atoms with Crippen LogP contribution in [0, 0.1) is 5.92 Å². The van der Waals surface area contributed by atoms with Crippen LogP contribution in [0.2, 0.25) is 17.3 Å². The molecule has 0 bridgehead atoms. The molecule has 2 N–H and O–H groups in total. The molecule has 0 saturated carbocycles. The van der Waals surface area contributed by atoms with Gasteiger partial charge in [-0.25, -0.2) is 0 Å². The third-order valence-electron chi connectivity index (χ3n) is 5.02. The van der Waals surface area contributed by atoms with Crippen molar-refractivity contribution in [3.63, 3.8) is 0 Å². The van der Waals surface area contributed by atoms with Gasteiger partial charge >= 0.3 is 112 Å². The summed E-state index contributed by atoms with van der Waals surface area (Å²) in [6.07, 6.45) is 0. The maximum Gasteiger partial charge on any atom is -0.147 e. The summed E-state index contributed by atoms with van der Waals surface area (Å²) in [5.41, 5.74) is 4.63. The number of rotatable bonds is 3. The third-order valence-corrected chi connectivity index (χ3v) is 25.6. The molecule has 0 aromatic heterocycles. The third kappa shape index (κ3) is 3.59. The van der Waals surface area contributed by atoms with Crippen molar-refractivity contribution in [2.24, 2.45) is 10.1 Å². The Hall–Kier alpha value is 0.951. The van der Waals surface area contributed by atoms with E-state index in [1.807, 2.05) is 0 Å².